The van der Waals surface area contributed by atoms with E-state index in [0.717, 1.165) is 39.8 Å². The van der Waals surface area contributed by atoms with E-state index in [2.05, 4.69) is 257 Å². The summed E-state index contributed by atoms with van der Waals surface area (Å²) in [5.41, 5.74) is 20.5. The van der Waals surface area contributed by atoms with Gasteiger partial charge in [-0.1, -0.05) is 153 Å². The van der Waals surface area contributed by atoms with Crippen LogP contribution in [0.1, 0.15) is 25.0 Å². The summed E-state index contributed by atoms with van der Waals surface area (Å²) in [6.45, 7) is 4.91. The topological polar surface area (TPSA) is 16.3 Å². The van der Waals surface area contributed by atoms with E-state index in [1.807, 2.05) is 0 Å². The van der Waals surface area contributed by atoms with Crippen LogP contribution >= 0.6 is 0 Å². The van der Waals surface area contributed by atoms with Crippen LogP contribution in [-0.2, 0) is 5.41 Å². The Morgan fingerprint density at radius 2 is 0.875 bits per heavy atom. The average molecular weight is 819 g/mol. The molecule has 4 nitrogen and oxygen atoms in total. The van der Waals surface area contributed by atoms with Crippen molar-refractivity contribution in [1.29, 1.82) is 0 Å². The first-order valence-electron chi connectivity index (χ1n) is 22.3. The van der Waals surface area contributed by atoms with Gasteiger partial charge >= 0.3 is 0 Å². The van der Waals surface area contributed by atoms with Crippen LogP contribution in [0.5, 0.6) is 0 Å². The van der Waals surface area contributed by atoms with Gasteiger partial charge in [-0.3, -0.25) is 0 Å². The Balaban J connectivity index is 1.16. The third-order valence-electron chi connectivity index (χ3n) is 13.9. The maximum absolute atomic E-state index is 2.64. The lowest BCUT2D eigenvalue weighted by Gasteiger charge is -2.43. The summed E-state index contributed by atoms with van der Waals surface area (Å²) in [6, 6.07) is 82.4. The first kappa shape index (κ1) is 36.6. The zero-order valence-corrected chi connectivity index (χ0v) is 35.7. The summed E-state index contributed by atoms with van der Waals surface area (Å²) in [5, 5.41) is 2.50. The van der Waals surface area contributed by atoms with Crippen LogP contribution in [-0.4, -0.2) is 15.8 Å². The van der Waals surface area contributed by atoms with Gasteiger partial charge in [-0.05, 0) is 113 Å². The molecule has 0 amide bonds. The van der Waals surface area contributed by atoms with Crippen molar-refractivity contribution in [2.24, 2.45) is 0 Å². The number of anilines is 6. The summed E-state index contributed by atoms with van der Waals surface area (Å²) < 4.78 is 5.13. The molecule has 4 heterocycles. The number of aromatic nitrogens is 2. The second-order valence-electron chi connectivity index (χ2n) is 17.7. The van der Waals surface area contributed by atoms with Crippen molar-refractivity contribution >= 4 is 90.1 Å². The normalized spacial score (nSPS) is 13.2. The lowest BCUT2D eigenvalue weighted by atomic mass is 9.30. The fourth-order valence-electron chi connectivity index (χ4n) is 11.2. The van der Waals surface area contributed by atoms with E-state index >= 15 is 0 Å². The lowest BCUT2D eigenvalue weighted by Crippen LogP contribution is -2.63. The van der Waals surface area contributed by atoms with Gasteiger partial charge in [0.25, 0.3) is 0 Å². The summed E-state index contributed by atoms with van der Waals surface area (Å²) in [6.07, 6.45) is 0. The van der Waals surface area contributed by atoms with Gasteiger partial charge in [0.2, 0.25) is 6.71 Å². The van der Waals surface area contributed by atoms with Crippen LogP contribution < -0.4 is 26.2 Å². The third kappa shape index (κ3) is 5.25. The van der Waals surface area contributed by atoms with E-state index in [0.29, 0.717) is 0 Å². The van der Waals surface area contributed by atoms with E-state index in [9.17, 15) is 0 Å². The molecule has 0 N–H and O–H groups in total. The SMILES string of the molecule is CC1(C)c2cc(N(c3ccccc3)c3ccccc3)ccc2B2c3c(cc(N(c4ccccc4)c4ccccc4)cc31)-n1c3c2cccc3c2c1c1ccccc1n2-c1ccccc1. The Labute approximate surface area is 373 Å². The molecular formula is C59H43BN4. The van der Waals surface area contributed by atoms with Crippen LogP contribution in [0.25, 0.3) is 44.2 Å². The van der Waals surface area contributed by atoms with Crippen molar-refractivity contribution in [2.75, 3.05) is 9.80 Å². The molecule has 0 aliphatic carbocycles. The first-order valence-corrected chi connectivity index (χ1v) is 22.3. The predicted molar refractivity (Wildman–Crippen MR) is 270 cm³/mol. The van der Waals surface area contributed by atoms with Crippen LogP contribution in [0, 0.1) is 0 Å². The van der Waals surface area contributed by atoms with Gasteiger partial charge in [-0.15, -0.1) is 0 Å². The van der Waals surface area contributed by atoms with Crippen molar-refractivity contribution in [1.82, 2.24) is 9.13 Å². The van der Waals surface area contributed by atoms with Crippen LogP contribution in [0.3, 0.4) is 0 Å². The molecule has 0 saturated carbocycles. The molecule has 0 radical (unpaired) electrons. The minimum absolute atomic E-state index is 0.0200. The Morgan fingerprint density at radius 3 is 1.48 bits per heavy atom. The molecule has 2 aliphatic rings. The van der Waals surface area contributed by atoms with E-state index in [1.54, 1.807) is 0 Å². The summed E-state index contributed by atoms with van der Waals surface area (Å²) in [5.74, 6) is 0. The number of benzene rings is 9. The number of fused-ring (bicyclic) bond motifs is 9. The van der Waals surface area contributed by atoms with Crippen molar-refractivity contribution in [3.63, 3.8) is 0 Å². The van der Waals surface area contributed by atoms with Gasteiger partial charge in [0, 0.05) is 61.7 Å². The molecule has 0 atom stereocenters. The molecule has 64 heavy (non-hydrogen) atoms. The minimum atomic E-state index is -0.379. The quantitative estimate of drug-likeness (QED) is 0.149. The molecule has 0 bridgehead atoms. The zero-order valence-electron chi connectivity index (χ0n) is 35.7. The van der Waals surface area contributed by atoms with E-state index in [1.165, 1.54) is 66.0 Å². The number of para-hydroxylation sites is 7. The van der Waals surface area contributed by atoms with Crippen LogP contribution in [0.4, 0.5) is 34.1 Å². The number of hydrogen-bond acceptors (Lipinski definition) is 2. The van der Waals surface area contributed by atoms with Crippen molar-refractivity contribution in [3.8, 4) is 11.4 Å². The summed E-state index contributed by atoms with van der Waals surface area (Å²) >= 11 is 0. The minimum Gasteiger partial charge on any atom is -0.310 e. The molecule has 302 valence electrons. The smallest absolute Gasteiger partial charge is 0.247 e. The summed E-state index contributed by atoms with van der Waals surface area (Å²) in [4.78, 5) is 4.83. The number of hydrogen-bond donors (Lipinski definition) is 0. The second-order valence-corrected chi connectivity index (χ2v) is 17.7. The Bertz CT molecular complexity index is 3500. The fraction of sp³-hybridized carbons (Fsp3) is 0.0508. The fourth-order valence-corrected chi connectivity index (χ4v) is 11.2. The van der Waals surface area contributed by atoms with E-state index in [4.69, 9.17) is 0 Å². The Morgan fingerprint density at radius 1 is 0.375 bits per heavy atom. The molecule has 5 heteroatoms. The van der Waals surface area contributed by atoms with Crippen molar-refractivity contribution < 1.29 is 0 Å². The first-order chi connectivity index (χ1) is 31.6. The highest BCUT2D eigenvalue weighted by Crippen LogP contribution is 2.47. The van der Waals surface area contributed by atoms with Gasteiger partial charge < -0.3 is 18.9 Å². The van der Waals surface area contributed by atoms with Gasteiger partial charge in [0.05, 0.1) is 22.1 Å². The van der Waals surface area contributed by atoms with Gasteiger partial charge in [0.15, 0.2) is 0 Å². The maximum atomic E-state index is 2.64. The Hall–Kier alpha value is -8.02. The number of rotatable bonds is 7. The molecule has 9 aromatic carbocycles. The van der Waals surface area contributed by atoms with Crippen LogP contribution in [0.2, 0.25) is 0 Å². The highest BCUT2D eigenvalue weighted by Gasteiger charge is 2.46. The standard InChI is InChI=1S/C59H43BN4/c1-59(2)49-37-45(61(40-21-8-3-9-22-40)41-23-10-4-11-24-41)35-36-51(49)60-52-33-20-32-48-56(52)64(57-47-31-18-19-34-53(47)63(58(48)57)44-29-16-7-17-30-44)54-39-46(38-50(59)55(54)60)62(42-25-12-5-13-26-42)43-27-14-6-15-28-43/h3-39H,1-2H3. The van der Waals surface area contributed by atoms with E-state index in [-0.39, 0.29) is 12.1 Å². The molecule has 0 spiro atoms. The highest BCUT2D eigenvalue weighted by atomic mass is 15.2. The van der Waals surface area contributed by atoms with Crippen LogP contribution in [0.15, 0.2) is 224 Å². The van der Waals surface area contributed by atoms with Crippen molar-refractivity contribution in [2.45, 2.75) is 19.3 Å². The molecule has 13 rings (SSSR count). The molecule has 2 aliphatic heterocycles. The van der Waals surface area contributed by atoms with Gasteiger partial charge in [0.1, 0.15) is 0 Å². The molecule has 2 aromatic heterocycles. The monoisotopic (exact) mass is 818 g/mol. The van der Waals surface area contributed by atoms with Crippen molar-refractivity contribution in [3.05, 3.63) is 236 Å². The molecule has 11 aromatic rings. The molecule has 0 saturated heterocycles. The average Bonchev–Trinajstić information content (AvgIpc) is 3.87. The zero-order chi connectivity index (χ0) is 42.5. The third-order valence-corrected chi connectivity index (χ3v) is 13.9. The second kappa shape index (κ2) is 14.0. The molecular weight excluding hydrogens is 775 g/mol. The maximum Gasteiger partial charge on any atom is 0.247 e. The predicted octanol–water partition coefficient (Wildman–Crippen LogP) is 13.1. The number of nitrogens with zero attached hydrogens (tertiary/aromatic N) is 4. The summed E-state index contributed by atoms with van der Waals surface area (Å²) in [7, 11) is 0. The Kier molecular flexibility index (Phi) is 8.01. The molecule has 0 unspecified atom stereocenters. The largest absolute Gasteiger partial charge is 0.310 e. The highest BCUT2D eigenvalue weighted by molar-refractivity contribution is 6.99. The van der Waals surface area contributed by atoms with Gasteiger partial charge in [-0.2, -0.15) is 0 Å². The van der Waals surface area contributed by atoms with E-state index < -0.39 is 0 Å². The van der Waals surface area contributed by atoms with Gasteiger partial charge in [-0.25, -0.2) is 0 Å². The lowest BCUT2D eigenvalue weighted by molar-refractivity contribution is 0.645. The molecule has 0 fully saturated rings.